The summed E-state index contributed by atoms with van der Waals surface area (Å²) >= 11 is 0. The van der Waals surface area contributed by atoms with Crippen molar-refractivity contribution in [1.29, 1.82) is 0 Å². The number of esters is 6. The van der Waals surface area contributed by atoms with Gasteiger partial charge in [-0.2, -0.15) is 0 Å². The lowest BCUT2D eigenvalue weighted by molar-refractivity contribution is -0.170. The van der Waals surface area contributed by atoms with Gasteiger partial charge in [0, 0.05) is 45.8 Å². The maximum Gasteiger partial charge on any atom is 0.326 e. The second-order valence-electron chi connectivity index (χ2n) is 26.5. The zero-order valence-corrected chi connectivity index (χ0v) is 49.5. The van der Waals surface area contributed by atoms with Gasteiger partial charge in [-0.25, -0.2) is 0 Å². The topological polar surface area (TPSA) is 186 Å². The zero-order chi connectivity index (χ0) is 56.3. The zero-order valence-electron chi connectivity index (χ0n) is 49.5. The highest BCUT2D eigenvalue weighted by atomic mass is 16.6. The third-order valence-corrected chi connectivity index (χ3v) is 12.0. The molecule has 3 atom stereocenters. The molecule has 2 aliphatic carbocycles. The molecule has 430 valence electrons. The first-order valence-corrected chi connectivity index (χ1v) is 27.6. The minimum Gasteiger partial charge on any atom is -0.460 e. The predicted molar refractivity (Wildman–Crippen MR) is 285 cm³/mol. The van der Waals surface area contributed by atoms with Gasteiger partial charge in [0.15, 0.2) is 0 Å². The van der Waals surface area contributed by atoms with Gasteiger partial charge in [0.25, 0.3) is 0 Å². The Morgan fingerprint density at radius 3 is 0.973 bits per heavy atom. The van der Waals surface area contributed by atoms with Crippen molar-refractivity contribution in [3.8, 4) is 0 Å². The van der Waals surface area contributed by atoms with Crippen molar-refractivity contribution >= 4 is 35.8 Å². The van der Waals surface area contributed by atoms with E-state index in [0.717, 1.165) is 51.4 Å². The molecule has 17 nitrogen and oxygen atoms in total. The van der Waals surface area contributed by atoms with E-state index >= 15 is 0 Å². The number of nitrogens with zero attached hydrogens (tertiary/aromatic N) is 3. The largest absolute Gasteiger partial charge is 0.460 e. The fraction of sp³-hybridized carbons (Fsp3) is 0.895. The lowest BCUT2D eigenvalue weighted by atomic mass is 9.90. The Morgan fingerprint density at radius 2 is 0.662 bits per heavy atom. The minimum absolute atomic E-state index is 0.00621. The van der Waals surface area contributed by atoms with E-state index in [4.69, 9.17) is 37.9 Å². The number of carbonyl (C=O) groups excluding carboxylic acids is 6. The molecule has 2 saturated carbocycles. The van der Waals surface area contributed by atoms with Crippen LogP contribution in [0.15, 0.2) is 0 Å². The second kappa shape index (κ2) is 30.0. The second-order valence-corrected chi connectivity index (χ2v) is 26.5. The monoisotopic (exact) mass is 1050 g/mol. The molecule has 2 aliphatic rings. The van der Waals surface area contributed by atoms with Crippen LogP contribution in [-0.2, 0) is 66.7 Å². The van der Waals surface area contributed by atoms with Crippen LogP contribution in [0.2, 0.25) is 0 Å². The van der Waals surface area contributed by atoms with E-state index in [0.29, 0.717) is 25.0 Å². The summed E-state index contributed by atoms with van der Waals surface area (Å²) in [6.07, 6.45) is 10.7. The van der Waals surface area contributed by atoms with Crippen LogP contribution in [0.25, 0.3) is 0 Å². The summed E-state index contributed by atoms with van der Waals surface area (Å²) in [5.41, 5.74) is -5.19. The van der Waals surface area contributed by atoms with Gasteiger partial charge in [0.05, 0.1) is 26.3 Å². The van der Waals surface area contributed by atoms with Crippen molar-refractivity contribution in [1.82, 2.24) is 14.7 Å². The lowest BCUT2D eigenvalue weighted by Crippen LogP contribution is -2.56. The fourth-order valence-electron chi connectivity index (χ4n) is 8.96. The number of ether oxygens (including phenoxy) is 8. The Hall–Kier alpha value is -3.38. The van der Waals surface area contributed by atoms with Gasteiger partial charge < -0.3 is 37.9 Å². The molecule has 0 heterocycles. The van der Waals surface area contributed by atoms with E-state index < -0.39 is 87.5 Å². The smallest absolute Gasteiger partial charge is 0.326 e. The molecule has 0 N–H and O–H groups in total. The highest BCUT2D eigenvalue weighted by Crippen LogP contribution is 2.27. The Kier molecular flexibility index (Phi) is 27.0. The van der Waals surface area contributed by atoms with E-state index in [-0.39, 0.29) is 65.3 Å². The van der Waals surface area contributed by atoms with E-state index in [1.165, 1.54) is 12.8 Å². The van der Waals surface area contributed by atoms with Gasteiger partial charge in [-0.1, -0.05) is 38.5 Å². The summed E-state index contributed by atoms with van der Waals surface area (Å²) in [5, 5.41) is 0. The van der Waals surface area contributed by atoms with Gasteiger partial charge in [-0.15, -0.1) is 0 Å². The van der Waals surface area contributed by atoms with Crippen LogP contribution in [0.3, 0.4) is 0 Å². The molecule has 17 heteroatoms. The number of hydrogen-bond donors (Lipinski definition) is 0. The van der Waals surface area contributed by atoms with Crippen LogP contribution in [0.5, 0.6) is 0 Å². The standard InChI is InChI=1S/C57H103N3O14/c1-52(2,3)69-46(61)30-29-43(49(64)72-55(10,11)12)58(31-33-59(35-47(62)70-53(4,5)6)44(50(65)73-56(13,14)15)39-67-37-41-25-21-19-22-26-41)32-34-60(36-48(63)71-54(7,8)9)45(51(66)74-57(16,17)18)40-68-38-42-27-23-20-24-28-42/h41-45H,19-40H2,1-18H3/t43-,44-,45+/m1/s1. The molecular weight excluding hydrogens is 951 g/mol. The third kappa shape index (κ3) is 30.4. The van der Waals surface area contributed by atoms with Gasteiger partial charge in [0.1, 0.15) is 51.7 Å². The molecule has 0 saturated heterocycles. The van der Waals surface area contributed by atoms with Gasteiger partial charge >= 0.3 is 35.8 Å². The predicted octanol–water partition coefficient (Wildman–Crippen LogP) is 9.02. The third-order valence-electron chi connectivity index (χ3n) is 12.0. The van der Waals surface area contributed by atoms with Crippen molar-refractivity contribution in [2.45, 2.75) is 253 Å². The molecule has 0 unspecified atom stereocenters. The molecular formula is C57H103N3O14. The Labute approximate surface area is 446 Å². The minimum atomic E-state index is -1.10. The van der Waals surface area contributed by atoms with Crippen LogP contribution >= 0.6 is 0 Å². The van der Waals surface area contributed by atoms with Crippen molar-refractivity contribution in [2.24, 2.45) is 11.8 Å². The molecule has 74 heavy (non-hydrogen) atoms. The number of rotatable bonds is 27. The van der Waals surface area contributed by atoms with E-state index in [9.17, 15) is 28.8 Å². The van der Waals surface area contributed by atoms with Crippen molar-refractivity contribution in [3.05, 3.63) is 0 Å². The summed E-state index contributed by atoms with van der Waals surface area (Å²) in [6, 6.07) is -3.25. The Bertz CT molecular complexity index is 1640. The van der Waals surface area contributed by atoms with Gasteiger partial charge in [-0.3, -0.25) is 43.5 Å². The Balaban J connectivity index is 2.85. The molecule has 2 rings (SSSR count). The average molecular weight is 1050 g/mol. The van der Waals surface area contributed by atoms with Crippen LogP contribution < -0.4 is 0 Å². The van der Waals surface area contributed by atoms with Crippen LogP contribution in [0.4, 0.5) is 0 Å². The molecule has 0 aromatic heterocycles. The van der Waals surface area contributed by atoms with Crippen molar-refractivity contribution < 1.29 is 66.7 Å². The maximum atomic E-state index is 14.7. The van der Waals surface area contributed by atoms with Crippen LogP contribution in [0, 0.1) is 11.8 Å². The van der Waals surface area contributed by atoms with Crippen molar-refractivity contribution in [2.75, 3.05) is 65.7 Å². The quantitative estimate of drug-likeness (QED) is 0.0560. The van der Waals surface area contributed by atoms with E-state index in [1.54, 1.807) is 134 Å². The molecule has 0 aromatic rings. The molecule has 0 aliphatic heterocycles. The molecule has 0 aromatic carbocycles. The molecule has 0 amide bonds. The maximum absolute atomic E-state index is 14.7. The Morgan fingerprint density at radius 1 is 0.378 bits per heavy atom. The lowest BCUT2D eigenvalue weighted by Gasteiger charge is -2.38. The number of carbonyl (C=O) groups is 6. The molecule has 0 bridgehead atoms. The fourth-order valence-corrected chi connectivity index (χ4v) is 8.96. The highest BCUT2D eigenvalue weighted by molar-refractivity contribution is 5.80. The average Bonchev–Trinajstić information content (AvgIpc) is 3.20. The van der Waals surface area contributed by atoms with E-state index in [1.807, 2.05) is 4.90 Å². The molecule has 2 fully saturated rings. The summed E-state index contributed by atoms with van der Waals surface area (Å²) in [5.74, 6) is -2.84. The van der Waals surface area contributed by atoms with Crippen LogP contribution in [-0.4, -0.2) is 168 Å². The van der Waals surface area contributed by atoms with Crippen molar-refractivity contribution in [3.63, 3.8) is 0 Å². The SMILES string of the molecule is CC(C)(C)OC(=O)CC[C@H](C(=O)OC(C)(C)C)N(CCN(CC(=O)OC(C)(C)C)[C@H](COCC1CCCCC1)C(=O)OC(C)(C)C)CCN(CC(=O)OC(C)(C)C)[C@@H](COCC1CCCCC1)C(=O)OC(C)(C)C. The van der Waals surface area contributed by atoms with Gasteiger partial charge in [0.2, 0.25) is 0 Å². The summed E-state index contributed by atoms with van der Waals surface area (Å²) in [7, 11) is 0. The van der Waals surface area contributed by atoms with E-state index in [2.05, 4.69) is 0 Å². The molecule has 0 radical (unpaired) electrons. The summed E-state index contributed by atoms with van der Waals surface area (Å²) in [6.45, 7) is 31.8. The molecule has 0 spiro atoms. The first-order valence-electron chi connectivity index (χ1n) is 27.6. The number of hydrogen-bond acceptors (Lipinski definition) is 17. The van der Waals surface area contributed by atoms with Crippen LogP contribution in [0.1, 0.15) is 202 Å². The summed E-state index contributed by atoms with van der Waals surface area (Å²) in [4.78, 5) is 89.8. The first kappa shape index (κ1) is 66.7. The van der Waals surface area contributed by atoms with Gasteiger partial charge in [-0.05, 0) is 169 Å². The first-order chi connectivity index (χ1) is 33.9. The normalized spacial score (nSPS) is 17.1. The highest BCUT2D eigenvalue weighted by Gasteiger charge is 2.39. The summed E-state index contributed by atoms with van der Waals surface area (Å²) < 4.78 is 48.2.